The number of nitrogens with zero attached hydrogens (tertiary/aromatic N) is 1. The third-order valence-corrected chi connectivity index (χ3v) is 6.51. The minimum absolute atomic E-state index is 0.0107. The second-order valence-electron chi connectivity index (χ2n) is 8.18. The van der Waals surface area contributed by atoms with Crippen LogP contribution in [-0.2, 0) is 0 Å². The molecule has 2 heterocycles. The first kappa shape index (κ1) is 23.5. The number of carbonyl (C=O) groups excluding carboxylic acids is 1. The number of benzene rings is 3. The standard InChI is InChI=1S/C28H21BrN2O5/c1-3-33-22-7-5-4-6-19(22)25-20-11-9-17(13-24(20)36-27(31)21(25)14-30)34-28(32)26-15(2)18-10-8-16(29)12-23(18)35-26/h4-13,25H,3,31H2,1-2H3. The van der Waals surface area contributed by atoms with Crippen LogP contribution >= 0.6 is 15.9 Å². The topological polar surface area (TPSA) is 108 Å². The fourth-order valence-corrected chi connectivity index (χ4v) is 4.71. The number of hydrogen-bond donors (Lipinski definition) is 1. The van der Waals surface area contributed by atoms with Crippen LogP contribution in [0.25, 0.3) is 11.0 Å². The smallest absolute Gasteiger partial charge is 0.379 e. The van der Waals surface area contributed by atoms with Crippen LogP contribution in [-0.4, -0.2) is 12.6 Å². The van der Waals surface area contributed by atoms with E-state index < -0.39 is 11.9 Å². The highest BCUT2D eigenvalue weighted by Gasteiger charge is 2.33. The summed E-state index contributed by atoms with van der Waals surface area (Å²) in [4.78, 5) is 13.0. The van der Waals surface area contributed by atoms with E-state index in [1.54, 1.807) is 24.3 Å². The Morgan fingerprint density at radius 2 is 1.94 bits per heavy atom. The van der Waals surface area contributed by atoms with Gasteiger partial charge in [0.05, 0.1) is 12.5 Å². The molecule has 0 spiro atoms. The maximum atomic E-state index is 13.0. The first-order chi connectivity index (χ1) is 17.4. The first-order valence-corrected chi connectivity index (χ1v) is 12.0. The maximum absolute atomic E-state index is 13.0. The fourth-order valence-electron chi connectivity index (χ4n) is 4.37. The third kappa shape index (κ3) is 4.08. The van der Waals surface area contributed by atoms with Gasteiger partial charge in [-0.15, -0.1) is 0 Å². The van der Waals surface area contributed by atoms with E-state index in [0.717, 1.165) is 15.4 Å². The molecule has 3 aromatic carbocycles. The predicted octanol–water partition coefficient (Wildman–Crippen LogP) is 6.34. The largest absolute Gasteiger partial charge is 0.494 e. The van der Waals surface area contributed by atoms with Crippen molar-refractivity contribution in [1.82, 2.24) is 0 Å². The third-order valence-electron chi connectivity index (χ3n) is 6.02. The van der Waals surface area contributed by atoms with Crippen molar-refractivity contribution in [2.45, 2.75) is 19.8 Å². The molecule has 36 heavy (non-hydrogen) atoms. The van der Waals surface area contributed by atoms with E-state index in [1.807, 2.05) is 50.2 Å². The van der Waals surface area contributed by atoms with E-state index in [9.17, 15) is 10.1 Å². The molecule has 1 aromatic heterocycles. The van der Waals surface area contributed by atoms with Crippen molar-refractivity contribution in [3.8, 4) is 23.3 Å². The lowest BCUT2D eigenvalue weighted by atomic mass is 9.83. The molecule has 0 saturated carbocycles. The predicted molar refractivity (Wildman–Crippen MR) is 137 cm³/mol. The number of allylic oxidation sites excluding steroid dienone is 1. The van der Waals surface area contributed by atoms with E-state index in [-0.39, 0.29) is 23.0 Å². The van der Waals surface area contributed by atoms with Gasteiger partial charge in [0, 0.05) is 32.6 Å². The van der Waals surface area contributed by atoms with Crippen LogP contribution in [0, 0.1) is 18.3 Å². The lowest BCUT2D eigenvalue weighted by Crippen LogP contribution is -2.21. The zero-order valence-electron chi connectivity index (χ0n) is 19.5. The van der Waals surface area contributed by atoms with E-state index in [4.69, 9.17) is 24.4 Å². The molecule has 0 bridgehead atoms. The van der Waals surface area contributed by atoms with Gasteiger partial charge in [-0.25, -0.2) is 4.79 Å². The number of para-hydroxylation sites is 1. The summed E-state index contributed by atoms with van der Waals surface area (Å²) < 4.78 is 23.8. The minimum atomic E-state index is -0.630. The average molecular weight is 545 g/mol. The normalized spacial score (nSPS) is 14.7. The molecule has 5 rings (SSSR count). The molecule has 1 aliphatic rings. The number of ether oxygens (including phenoxy) is 3. The Kier molecular flexibility index (Phi) is 6.17. The number of rotatable bonds is 5. The molecule has 8 heteroatoms. The summed E-state index contributed by atoms with van der Waals surface area (Å²) in [6, 6.07) is 20.2. The van der Waals surface area contributed by atoms with Crippen LogP contribution in [0.15, 0.2) is 81.0 Å². The summed E-state index contributed by atoms with van der Waals surface area (Å²) in [5.74, 6) is 0.279. The minimum Gasteiger partial charge on any atom is -0.494 e. The molecular weight excluding hydrogens is 524 g/mol. The molecule has 7 nitrogen and oxygen atoms in total. The summed E-state index contributed by atoms with van der Waals surface area (Å²) in [7, 11) is 0. The van der Waals surface area contributed by atoms with Gasteiger partial charge in [0.15, 0.2) is 0 Å². The Bertz CT molecular complexity index is 1580. The van der Waals surface area contributed by atoms with Crippen LogP contribution in [0.4, 0.5) is 0 Å². The molecule has 2 N–H and O–H groups in total. The second-order valence-corrected chi connectivity index (χ2v) is 9.10. The van der Waals surface area contributed by atoms with Crippen molar-refractivity contribution in [3.05, 3.63) is 99.0 Å². The van der Waals surface area contributed by atoms with Crippen molar-refractivity contribution in [3.63, 3.8) is 0 Å². The Morgan fingerprint density at radius 1 is 1.14 bits per heavy atom. The van der Waals surface area contributed by atoms with Gasteiger partial charge in [-0.2, -0.15) is 5.26 Å². The van der Waals surface area contributed by atoms with Crippen LogP contribution in [0.5, 0.6) is 17.2 Å². The molecule has 0 aliphatic carbocycles. The summed E-state index contributed by atoms with van der Waals surface area (Å²) >= 11 is 3.41. The summed E-state index contributed by atoms with van der Waals surface area (Å²) in [6.45, 7) is 4.18. The van der Waals surface area contributed by atoms with Crippen molar-refractivity contribution in [2.24, 2.45) is 5.73 Å². The van der Waals surface area contributed by atoms with Gasteiger partial charge in [0.2, 0.25) is 11.6 Å². The Hall–Kier alpha value is -4.22. The number of carbonyl (C=O) groups is 1. The zero-order chi connectivity index (χ0) is 25.4. The summed E-state index contributed by atoms with van der Waals surface area (Å²) in [5.41, 5.74) is 9.19. The lowest BCUT2D eigenvalue weighted by molar-refractivity contribution is 0.0702. The summed E-state index contributed by atoms with van der Waals surface area (Å²) in [6.07, 6.45) is 0. The monoisotopic (exact) mass is 544 g/mol. The van der Waals surface area contributed by atoms with Crippen molar-refractivity contribution >= 4 is 32.9 Å². The number of hydrogen-bond acceptors (Lipinski definition) is 7. The van der Waals surface area contributed by atoms with Gasteiger partial charge >= 0.3 is 5.97 Å². The molecule has 0 radical (unpaired) electrons. The van der Waals surface area contributed by atoms with Crippen LogP contribution in [0.2, 0.25) is 0 Å². The molecule has 0 saturated heterocycles. The number of fused-ring (bicyclic) bond motifs is 2. The molecule has 1 unspecified atom stereocenters. The quantitative estimate of drug-likeness (QED) is 0.230. The summed E-state index contributed by atoms with van der Waals surface area (Å²) in [5, 5.41) is 10.7. The number of aryl methyl sites for hydroxylation is 1. The molecular formula is C28H21BrN2O5. The van der Waals surface area contributed by atoms with Crippen LogP contribution in [0.1, 0.15) is 40.1 Å². The van der Waals surface area contributed by atoms with Gasteiger partial charge in [0.25, 0.3) is 0 Å². The van der Waals surface area contributed by atoms with Gasteiger partial charge in [-0.3, -0.25) is 0 Å². The van der Waals surface area contributed by atoms with Gasteiger partial charge in [0.1, 0.15) is 34.5 Å². The van der Waals surface area contributed by atoms with Crippen molar-refractivity contribution < 1.29 is 23.4 Å². The second kappa shape index (κ2) is 9.44. The SMILES string of the molecule is CCOc1ccccc1C1C(C#N)=C(N)Oc2cc(OC(=O)c3oc4cc(Br)ccc4c3C)ccc21. The Labute approximate surface area is 215 Å². The molecule has 4 aromatic rings. The van der Waals surface area contributed by atoms with E-state index in [2.05, 4.69) is 22.0 Å². The van der Waals surface area contributed by atoms with Gasteiger partial charge < -0.3 is 24.4 Å². The number of esters is 1. The Morgan fingerprint density at radius 3 is 2.72 bits per heavy atom. The van der Waals surface area contributed by atoms with Gasteiger partial charge in [-0.1, -0.05) is 40.2 Å². The highest BCUT2D eigenvalue weighted by Crippen LogP contribution is 2.46. The Balaban J connectivity index is 1.51. The lowest BCUT2D eigenvalue weighted by Gasteiger charge is -2.27. The maximum Gasteiger partial charge on any atom is 0.379 e. The van der Waals surface area contributed by atoms with Crippen molar-refractivity contribution in [1.29, 1.82) is 5.26 Å². The number of halogens is 1. The zero-order valence-corrected chi connectivity index (χ0v) is 21.1. The number of nitrogens with two attached hydrogens (primary N) is 1. The van der Waals surface area contributed by atoms with E-state index in [1.165, 1.54) is 0 Å². The molecule has 1 atom stereocenters. The van der Waals surface area contributed by atoms with E-state index in [0.29, 0.717) is 34.8 Å². The van der Waals surface area contributed by atoms with E-state index >= 15 is 0 Å². The molecule has 0 amide bonds. The van der Waals surface area contributed by atoms with Crippen LogP contribution in [0.3, 0.4) is 0 Å². The molecule has 0 fully saturated rings. The number of nitriles is 1. The average Bonchev–Trinajstić information content (AvgIpc) is 3.19. The van der Waals surface area contributed by atoms with Gasteiger partial charge in [-0.05, 0) is 44.2 Å². The highest BCUT2D eigenvalue weighted by atomic mass is 79.9. The first-order valence-electron chi connectivity index (χ1n) is 11.2. The van der Waals surface area contributed by atoms with Crippen LogP contribution < -0.4 is 19.9 Å². The van der Waals surface area contributed by atoms with Crippen molar-refractivity contribution in [2.75, 3.05) is 6.61 Å². The fraction of sp³-hybridized carbons (Fsp3) is 0.143. The number of furan rings is 1. The highest BCUT2D eigenvalue weighted by molar-refractivity contribution is 9.10. The molecule has 180 valence electrons. The molecule has 1 aliphatic heterocycles.